The van der Waals surface area contributed by atoms with Crippen molar-refractivity contribution in [3.05, 3.63) is 63.6 Å². The summed E-state index contributed by atoms with van der Waals surface area (Å²) in [5.41, 5.74) is 1.71. The van der Waals surface area contributed by atoms with Gasteiger partial charge in [-0.2, -0.15) is 0 Å². The average Bonchev–Trinajstić information content (AvgIpc) is 2.66. The summed E-state index contributed by atoms with van der Waals surface area (Å²) in [7, 11) is -1.19. The fourth-order valence-electron chi connectivity index (χ4n) is 2.33. The molecule has 1 atom stereocenters. The topological polar surface area (TPSA) is 85.5 Å². The number of pyridine rings is 1. The largest absolute Gasteiger partial charge is 0.488 e. The van der Waals surface area contributed by atoms with Gasteiger partial charge in [0.1, 0.15) is 0 Å². The Hall–Kier alpha value is -2.41. The Morgan fingerprint density at radius 3 is 2.41 bits per heavy atom. The first-order valence-electron chi connectivity index (χ1n) is 8.99. The lowest BCUT2D eigenvalue weighted by atomic mass is 10.1. The minimum Gasteiger partial charge on any atom is -0.488 e. The molecular weight excluding hydrogens is 366 g/mol. The standard InChI is InChI=1S/C20H25NO5S/c1-3-9-25-19-12-21-17(11-18(19)22)14-27(24)13-15-5-7-16(8-6-15)20(23)26-10-4-2/h5-8,11-12H,3-4,9-10,13-14H2,1-2H3,(H,21,22). The molecule has 0 spiro atoms. The number of ether oxygens (including phenoxy) is 2. The maximum atomic E-state index is 12.4. The molecule has 0 saturated carbocycles. The Kier molecular flexibility index (Phi) is 8.26. The molecule has 0 aliphatic carbocycles. The fourth-order valence-corrected chi connectivity index (χ4v) is 3.51. The summed E-state index contributed by atoms with van der Waals surface area (Å²) < 4.78 is 22.8. The van der Waals surface area contributed by atoms with E-state index in [9.17, 15) is 13.8 Å². The molecule has 1 unspecified atom stereocenters. The van der Waals surface area contributed by atoms with Gasteiger partial charge in [-0.15, -0.1) is 0 Å². The van der Waals surface area contributed by atoms with Crippen LogP contribution in [-0.2, 0) is 27.0 Å². The van der Waals surface area contributed by atoms with Crippen molar-refractivity contribution >= 4 is 16.8 Å². The molecule has 0 radical (unpaired) electrons. The summed E-state index contributed by atoms with van der Waals surface area (Å²) in [6.45, 7) is 4.78. The zero-order chi connectivity index (χ0) is 19.6. The molecule has 27 heavy (non-hydrogen) atoms. The van der Waals surface area contributed by atoms with Crippen LogP contribution >= 0.6 is 0 Å². The summed E-state index contributed by atoms with van der Waals surface area (Å²) in [6.07, 6.45) is 3.11. The van der Waals surface area contributed by atoms with E-state index >= 15 is 0 Å². The Morgan fingerprint density at radius 1 is 1.07 bits per heavy atom. The number of nitrogens with one attached hydrogen (secondary N) is 1. The van der Waals surface area contributed by atoms with Crippen molar-refractivity contribution in [3.63, 3.8) is 0 Å². The minimum absolute atomic E-state index is 0.218. The van der Waals surface area contributed by atoms with Crippen molar-refractivity contribution in [2.45, 2.75) is 38.2 Å². The van der Waals surface area contributed by atoms with Crippen LogP contribution in [0, 0.1) is 0 Å². The van der Waals surface area contributed by atoms with Gasteiger partial charge < -0.3 is 14.5 Å². The van der Waals surface area contributed by atoms with Crippen molar-refractivity contribution in [3.8, 4) is 5.75 Å². The minimum atomic E-state index is -1.19. The van der Waals surface area contributed by atoms with E-state index in [0.29, 0.717) is 30.2 Å². The second kappa shape index (κ2) is 10.7. The SMILES string of the molecule is CCCOC(=O)c1ccc(CS(=O)Cc2cc(=O)c(OCCC)c[nH]2)cc1. The number of hydrogen-bond donors (Lipinski definition) is 1. The molecule has 0 aliphatic rings. The first-order valence-corrected chi connectivity index (χ1v) is 10.5. The summed E-state index contributed by atoms with van der Waals surface area (Å²) in [6, 6.07) is 8.31. The third-order valence-corrected chi connectivity index (χ3v) is 4.96. The highest BCUT2D eigenvalue weighted by Crippen LogP contribution is 2.11. The maximum Gasteiger partial charge on any atom is 0.338 e. The van der Waals surface area contributed by atoms with E-state index in [-0.39, 0.29) is 22.9 Å². The number of esters is 1. The van der Waals surface area contributed by atoms with Crippen molar-refractivity contribution in [1.29, 1.82) is 0 Å². The Labute approximate surface area is 161 Å². The first kappa shape index (κ1) is 20.9. The van der Waals surface area contributed by atoms with Gasteiger partial charge in [0.05, 0.1) is 24.5 Å². The number of hydrogen-bond acceptors (Lipinski definition) is 5. The van der Waals surface area contributed by atoms with Gasteiger partial charge >= 0.3 is 5.97 Å². The highest BCUT2D eigenvalue weighted by Gasteiger charge is 2.09. The summed E-state index contributed by atoms with van der Waals surface area (Å²) >= 11 is 0. The number of rotatable bonds is 10. The van der Waals surface area contributed by atoms with Gasteiger partial charge in [-0.1, -0.05) is 26.0 Å². The van der Waals surface area contributed by atoms with E-state index in [4.69, 9.17) is 9.47 Å². The number of carbonyl (C=O) groups is 1. The van der Waals surface area contributed by atoms with Crippen LogP contribution in [0.1, 0.15) is 48.3 Å². The molecule has 0 bridgehead atoms. The normalized spacial score (nSPS) is 11.8. The van der Waals surface area contributed by atoms with Crippen LogP contribution in [0.4, 0.5) is 0 Å². The van der Waals surface area contributed by atoms with E-state index in [1.54, 1.807) is 24.3 Å². The van der Waals surface area contributed by atoms with Gasteiger partial charge in [-0.3, -0.25) is 9.00 Å². The zero-order valence-corrected chi connectivity index (χ0v) is 16.5. The van der Waals surface area contributed by atoms with E-state index < -0.39 is 10.8 Å². The van der Waals surface area contributed by atoms with Gasteiger partial charge in [0.25, 0.3) is 0 Å². The van der Waals surface area contributed by atoms with Gasteiger partial charge in [0.15, 0.2) is 5.75 Å². The number of aromatic nitrogens is 1. The number of aromatic amines is 1. The predicted molar refractivity (Wildman–Crippen MR) is 105 cm³/mol. The van der Waals surface area contributed by atoms with Crippen molar-refractivity contribution in [1.82, 2.24) is 4.98 Å². The summed E-state index contributed by atoms with van der Waals surface area (Å²) in [4.78, 5) is 26.7. The second-order valence-corrected chi connectivity index (χ2v) is 7.55. The molecule has 1 N–H and O–H groups in total. The predicted octanol–water partition coefficient (Wildman–Crippen LogP) is 3.18. The number of carbonyl (C=O) groups excluding carboxylic acids is 1. The van der Waals surface area contributed by atoms with Crippen LogP contribution in [0.3, 0.4) is 0 Å². The van der Waals surface area contributed by atoms with Crippen LogP contribution in [-0.4, -0.2) is 28.4 Å². The molecular formula is C20H25NO5S. The molecule has 1 heterocycles. The lowest BCUT2D eigenvalue weighted by Gasteiger charge is -2.07. The van der Waals surface area contributed by atoms with Gasteiger partial charge in [-0.05, 0) is 30.5 Å². The van der Waals surface area contributed by atoms with E-state index in [0.717, 1.165) is 18.4 Å². The molecule has 0 saturated heterocycles. The van der Waals surface area contributed by atoms with Crippen LogP contribution in [0.25, 0.3) is 0 Å². The van der Waals surface area contributed by atoms with E-state index in [1.165, 1.54) is 12.3 Å². The smallest absolute Gasteiger partial charge is 0.338 e. The maximum absolute atomic E-state index is 12.4. The highest BCUT2D eigenvalue weighted by molar-refractivity contribution is 7.83. The first-order chi connectivity index (χ1) is 13.0. The van der Waals surface area contributed by atoms with Gasteiger partial charge in [0.2, 0.25) is 5.43 Å². The summed E-state index contributed by atoms with van der Waals surface area (Å²) in [5, 5.41) is 0. The lowest BCUT2D eigenvalue weighted by Crippen LogP contribution is -2.11. The van der Waals surface area contributed by atoms with Gasteiger partial charge in [0, 0.05) is 34.5 Å². The van der Waals surface area contributed by atoms with Crippen LogP contribution < -0.4 is 10.2 Å². The molecule has 146 valence electrons. The molecule has 2 rings (SSSR count). The summed E-state index contributed by atoms with van der Waals surface area (Å²) in [5.74, 6) is 0.494. The molecule has 0 aliphatic heterocycles. The van der Waals surface area contributed by atoms with Crippen molar-refractivity contribution in [2.24, 2.45) is 0 Å². The monoisotopic (exact) mass is 391 g/mol. The Balaban J connectivity index is 1.92. The molecule has 7 heteroatoms. The van der Waals surface area contributed by atoms with E-state index in [2.05, 4.69) is 4.98 Å². The quantitative estimate of drug-likeness (QED) is 0.629. The van der Waals surface area contributed by atoms with E-state index in [1.807, 2.05) is 13.8 Å². The molecule has 2 aromatic rings. The fraction of sp³-hybridized carbons (Fsp3) is 0.400. The van der Waals surface area contributed by atoms with Gasteiger partial charge in [-0.25, -0.2) is 4.79 Å². The van der Waals surface area contributed by atoms with Crippen LogP contribution in [0.2, 0.25) is 0 Å². The average molecular weight is 391 g/mol. The second-order valence-electron chi connectivity index (χ2n) is 6.10. The molecule has 1 aromatic heterocycles. The third-order valence-electron chi connectivity index (χ3n) is 3.67. The number of benzene rings is 1. The Bertz CT molecular complexity index is 829. The molecule has 0 amide bonds. The molecule has 0 fully saturated rings. The van der Waals surface area contributed by atoms with Crippen LogP contribution in [0.15, 0.2) is 41.3 Å². The molecule has 1 aromatic carbocycles. The molecule has 6 nitrogen and oxygen atoms in total. The zero-order valence-electron chi connectivity index (χ0n) is 15.7. The number of H-pyrrole nitrogens is 1. The van der Waals surface area contributed by atoms with Crippen LogP contribution in [0.5, 0.6) is 5.75 Å². The van der Waals surface area contributed by atoms with Crippen molar-refractivity contribution < 1.29 is 18.5 Å². The highest BCUT2D eigenvalue weighted by atomic mass is 32.2. The van der Waals surface area contributed by atoms with Crippen molar-refractivity contribution in [2.75, 3.05) is 13.2 Å². The third kappa shape index (κ3) is 6.67. The Morgan fingerprint density at radius 2 is 1.78 bits per heavy atom. The lowest BCUT2D eigenvalue weighted by molar-refractivity contribution is 0.0505.